The molecular weight excluding hydrogens is 180 g/mol. The zero-order chi connectivity index (χ0) is 10.4. The number of hydrogen-bond donors (Lipinski definition) is 0. The maximum atomic E-state index is 11.3. The number of esters is 1. The van der Waals surface area contributed by atoms with Crippen LogP contribution in [0, 0.1) is 0 Å². The minimum absolute atomic E-state index is 0.0894. The van der Waals surface area contributed by atoms with Gasteiger partial charge in [0.1, 0.15) is 12.2 Å². The Bertz CT molecular complexity index is 183. The van der Waals surface area contributed by atoms with E-state index >= 15 is 0 Å². The highest BCUT2D eigenvalue weighted by atomic mass is 16.6. The summed E-state index contributed by atoms with van der Waals surface area (Å²) in [6.07, 6.45) is 5.57. The van der Waals surface area contributed by atoms with Gasteiger partial charge in [-0.1, -0.05) is 6.42 Å². The SMILES string of the molecule is CCOCC(=O)OC1(C)CCCCC1. The summed E-state index contributed by atoms with van der Waals surface area (Å²) >= 11 is 0. The topological polar surface area (TPSA) is 35.5 Å². The van der Waals surface area contributed by atoms with Gasteiger partial charge in [-0.05, 0) is 39.5 Å². The largest absolute Gasteiger partial charge is 0.458 e. The zero-order valence-corrected chi connectivity index (χ0v) is 9.17. The fourth-order valence-electron chi connectivity index (χ4n) is 1.89. The van der Waals surface area contributed by atoms with Crippen LogP contribution >= 0.6 is 0 Å². The second-order valence-corrected chi connectivity index (χ2v) is 4.12. The van der Waals surface area contributed by atoms with E-state index in [-0.39, 0.29) is 18.2 Å². The monoisotopic (exact) mass is 200 g/mol. The van der Waals surface area contributed by atoms with E-state index in [9.17, 15) is 4.79 Å². The van der Waals surface area contributed by atoms with Gasteiger partial charge in [-0.2, -0.15) is 0 Å². The van der Waals surface area contributed by atoms with Gasteiger partial charge in [0.25, 0.3) is 0 Å². The molecule has 0 bridgehead atoms. The van der Waals surface area contributed by atoms with Gasteiger partial charge in [-0.25, -0.2) is 4.79 Å². The molecule has 0 amide bonds. The molecule has 0 aromatic heterocycles. The molecular formula is C11H20O3. The van der Waals surface area contributed by atoms with Crippen LogP contribution in [0.4, 0.5) is 0 Å². The van der Waals surface area contributed by atoms with Crippen molar-refractivity contribution in [3.8, 4) is 0 Å². The van der Waals surface area contributed by atoms with Gasteiger partial charge in [0.15, 0.2) is 0 Å². The summed E-state index contributed by atoms with van der Waals surface area (Å²) in [5, 5.41) is 0. The number of carbonyl (C=O) groups is 1. The molecule has 0 aromatic carbocycles. The molecule has 1 fully saturated rings. The minimum atomic E-state index is -0.230. The van der Waals surface area contributed by atoms with Crippen LogP contribution in [0.15, 0.2) is 0 Å². The first-order valence-corrected chi connectivity index (χ1v) is 5.46. The van der Waals surface area contributed by atoms with Gasteiger partial charge in [0.2, 0.25) is 0 Å². The van der Waals surface area contributed by atoms with Crippen molar-refractivity contribution in [3.63, 3.8) is 0 Å². The van der Waals surface area contributed by atoms with Gasteiger partial charge in [-0.3, -0.25) is 0 Å². The predicted octanol–water partition coefficient (Wildman–Crippen LogP) is 2.29. The van der Waals surface area contributed by atoms with E-state index in [1.54, 1.807) is 0 Å². The van der Waals surface area contributed by atoms with Crippen LogP contribution in [0.25, 0.3) is 0 Å². The molecule has 3 nitrogen and oxygen atoms in total. The first-order chi connectivity index (χ1) is 6.66. The van der Waals surface area contributed by atoms with Gasteiger partial charge >= 0.3 is 5.97 Å². The lowest BCUT2D eigenvalue weighted by Gasteiger charge is -2.33. The highest BCUT2D eigenvalue weighted by Gasteiger charge is 2.30. The summed E-state index contributed by atoms with van der Waals surface area (Å²) in [7, 11) is 0. The molecule has 0 spiro atoms. The fourth-order valence-corrected chi connectivity index (χ4v) is 1.89. The van der Waals surface area contributed by atoms with Gasteiger partial charge < -0.3 is 9.47 Å². The second kappa shape index (κ2) is 5.35. The molecule has 14 heavy (non-hydrogen) atoms. The molecule has 0 unspecified atom stereocenters. The van der Waals surface area contributed by atoms with E-state index in [1.807, 2.05) is 13.8 Å². The van der Waals surface area contributed by atoms with E-state index in [1.165, 1.54) is 19.3 Å². The van der Waals surface area contributed by atoms with E-state index in [4.69, 9.17) is 9.47 Å². The van der Waals surface area contributed by atoms with Gasteiger partial charge in [0.05, 0.1) is 0 Å². The second-order valence-electron chi connectivity index (χ2n) is 4.12. The Morgan fingerprint density at radius 2 is 1.93 bits per heavy atom. The van der Waals surface area contributed by atoms with Gasteiger partial charge in [0, 0.05) is 6.61 Å². The van der Waals surface area contributed by atoms with Crippen LogP contribution in [0.1, 0.15) is 46.0 Å². The summed E-state index contributed by atoms with van der Waals surface area (Å²) in [4.78, 5) is 11.3. The molecule has 1 saturated carbocycles. The maximum absolute atomic E-state index is 11.3. The van der Waals surface area contributed by atoms with Crippen LogP contribution in [0.5, 0.6) is 0 Å². The molecule has 82 valence electrons. The average Bonchev–Trinajstić information content (AvgIpc) is 2.15. The molecule has 1 aliphatic carbocycles. The van der Waals surface area contributed by atoms with Crippen molar-refractivity contribution in [1.29, 1.82) is 0 Å². The third-order valence-electron chi connectivity index (χ3n) is 2.70. The van der Waals surface area contributed by atoms with Crippen molar-refractivity contribution < 1.29 is 14.3 Å². The predicted molar refractivity (Wildman–Crippen MR) is 54.1 cm³/mol. The van der Waals surface area contributed by atoms with Crippen molar-refractivity contribution >= 4 is 5.97 Å². The van der Waals surface area contributed by atoms with Gasteiger partial charge in [-0.15, -0.1) is 0 Å². The average molecular weight is 200 g/mol. The molecule has 0 aliphatic heterocycles. The molecule has 0 N–H and O–H groups in total. The number of ether oxygens (including phenoxy) is 2. The molecule has 0 saturated heterocycles. The fraction of sp³-hybridized carbons (Fsp3) is 0.909. The Kier molecular flexibility index (Phi) is 4.39. The van der Waals surface area contributed by atoms with Crippen LogP contribution in [-0.2, 0) is 14.3 Å². The Balaban J connectivity index is 2.29. The molecule has 0 heterocycles. The normalized spacial score (nSPS) is 20.4. The Morgan fingerprint density at radius 3 is 2.50 bits per heavy atom. The Morgan fingerprint density at radius 1 is 1.29 bits per heavy atom. The quantitative estimate of drug-likeness (QED) is 0.653. The minimum Gasteiger partial charge on any atom is -0.458 e. The first-order valence-electron chi connectivity index (χ1n) is 5.46. The molecule has 0 atom stereocenters. The lowest BCUT2D eigenvalue weighted by molar-refractivity contribution is -0.166. The lowest BCUT2D eigenvalue weighted by atomic mass is 9.86. The summed E-state index contributed by atoms with van der Waals surface area (Å²) in [6.45, 7) is 4.55. The van der Waals surface area contributed by atoms with E-state index in [0.717, 1.165) is 12.8 Å². The molecule has 1 rings (SSSR count). The standard InChI is InChI=1S/C11H20O3/c1-3-13-9-10(12)14-11(2)7-5-4-6-8-11/h3-9H2,1-2H3. The summed E-state index contributed by atoms with van der Waals surface area (Å²) in [5.74, 6) is -0.226. The first kappa shape index (κ1) is 11.5. The third-order valence-corrected chi connectivity index (χ3v) is 2.70. The van der Waals surface area contributed by atoms with Crippen molar-refractivity contribution in [1.82, 2.24) is 0 Å². The van der Waals surface area contributed by atoms with E-state index in [0.29, 0.717) is 6.61 Å². The van der Waals surface area contributed by atoms with E-state index in [2.05, 4.69) is 0 Å². The van der Waals surface area contributed by atoms with Crippen molar-refractivity contribution in [2.75, 3.05) is 13.2 Å². The number of rotatable bonds is 4. The van der Waals surface area contributed by atoms with Crippen molar-refractivity contribution in [3.05, 3.63) is 0 Å². The molecule has 0 radical (unpaired) electrons. The van der Waals surface area contributed by atoms with Crippen molar-refractivity contribution in [2.45, 2.75) is 51.6 Å². The van der Waals surface area contributed by atoms with E-state index < -0.39 is 0 Å². The number of hydrogen-bond acceptors (Lipinski definition) is 3. The van der Waals surface area contributed by atoms with Crippen molar-refractivity contribution in [2.24, 2.45) is 0 Å². The van der Waals surface area contributed by atoms with Crippen LogP contribution in [0.3, 0.4) is 0 Å². The summed E-state index contributed by atoms with van der Waals surface area (Å²) < 4.78 is 10.4. The van der Waals surface area contributed by atoms with Crippen LogP contribution in [0.2, 0.25) is 0 Å². The number of carbonyl (C=O) groups excluding carboxylic acids is 1. The van der Waals surface area contributed by atoms with Crippen LogP contribution < -0.4 is 0 Å². The molecule has 1 aliphatic rings. The highest BCUT2D eigenvalue weighted by molar-refractivity contribution is 5.71. The maximum Gasteiger partial charge on any atom is 0.332 e. The zero-order valence-electron chi connectivity index (χ0n) is 9.17. The van der Waals surface area contributed by atoms with Crippen LogP contribution in [-0.4, -0.2) is 24.8 Å². The third kappa shape index (κ3) is 3.66. The smallest absolute Gasteiger partial charge is 0.332 e. The molecule has 0 aromatic rings. The highest BCUT2D eigenvalue weighted by Crippen LogP contribution is 2.30. The summed E-state index contributed by atoms with van der Waals surface area (Å²) in [5.41, 5.74) is -0.230. The Hall–Kier alpha value is -0.570. The Labute approximate surface area is 85.8 Å². The molecule has 3 heteroatoms. The summed E-state index contributed by atoms with van der Waals surface area (Å²) in [6, 6.07) is 0. The lowest BCUT2D eigenvalue weighted by Crippen LogP contribution is -2.35.